The van der Waals surface area contributed by atoms with Gasteiger partial charge in [-0.1, -0.05) is 18.2 Å². The van der Waals surface area contributed by atoms with E-state index in [1.165, 1.54) is 0 Å². The van der Waals surface area contributed by atoms with E-state index < -0.39 is 0 Å². The maximum absolute atomic E-state index is 5.55. The predicted molar refractivity (Wildman–Crippen MR) is 88.1 cm³/mol. The van der Waals surface area contributed by atoms with E-state index >= 15 is 0 Å². The number of nitrogens with zero attached hydrogens (tertiary/aromatic N) is 1. The highest BCUT2D eigenvalue weighted by Gasteiger charge is 1.98. The fourth-order valence-corrected chi connectivity index (χ4v) is 1.90. The minimum Gasteiger partial charge on any atom is -0.492 e. The Balaban J connectivity index is 1.66. The highest BCUT2D eigenvalue weighted by atomic mass is 79.9. The number of para-hydroxylation sites is 1. The largest absolute Gasteiger partial charge is 0.492 e. The summed E-state index contributed by atoms with van der Waals surface area (Å²) in [5.74, 6) is 1.55. The smallest absolute Gasteiger partial charge is 0.172 e. The van der Waals surface area contributed by atoms with Crippen molar-refractivity contribution in [1.29, 1.82) is 0 Å². The Morgan fingerprint density at radius 1 is 1.20 bits per heavy atom. The molecule has 0 aliphatic carbocycles. The zero-order chi connectivity index (χ0) is 14.2. The average molecular weight is 352 g/mol. The first-order chi connectivity index (χ1) is 9.74. The highest BCUT2D eigenvalue weighted by molar-refractivity contribution is 9.10. The third-order valence-corrected chi connectivity index (χ3v) is 3.08. The van der Waals surface area contributed by atoms with Gasteiger partial charge in [0.05, 0.1) is 6.54 Å². The van der Waals surface area contributed by atoms with Gasteiger partial charge in [0.15, 0.2) is 5.11 Å². The topological polar surface area (TPSA) is 46.2 Å². The van der Waals surface area contributed by atoms with Gasteiger partial charge in [0.25, 0.3) is 0 Å². The Morgan fingerprint density at radius 2 is 2.00 bits per heavy atom. The van der Waals surface area contributed by atoms with Gasteiger partial charge in [0, 0.05) is 10.7 Å². The van der Waals surface area contributed by atoms with Crippen molar-refractivity contribution in [3.63, 3.8) is 0 Å². The second-order valence-corrected chi connectivity index (χ2v) is 5.23. The maximum atomic E-state index is 5.55. The molecule has 4 nitrogen and oxygen atoms in total. The lowest BCUT2D eigenvalue weighted by Crippen LogP contribution is -2.32. The van der Waals surface area contributed by atoms with Crippen molar-refractivity contribution in [1.82, 2.24) is 10.3 Å². The fraction of sp³-hybridized carbons (Fsp3) is 0.143. The molecule has 0 saturated carbocycles. The molecule has 0 fully saturated rings. The molecule has 0 atom stereocenters. The zero-order valence-electron chi connectivity index (χ0n) is 10.7. The molecule has 0 saturated heterocycles. The molecule has 104 valence electrons. The van der Waals surface area contributed by atoms with Gasteiger partial charge >= 0.3 is 0 Å². The van der Waals surface area contributed by atoms with Crippen LogP contribution in [0.4, 0.5) is 5.82 Å². The zero-order valence-corrected chi connectivity index (χ0v) is 13.1. The first-order valence-electron chi connectivity index (χ1n) is 6.08. The molecule has 1 aromatic carbocycles. The standard InChI is InChI=1S/C14H14BrN3OS/c15-11-6-7-13(17-10-11)18-14(20)16-8-9-19-12-4-2-1-3-5-12/h1-7,10H,8-9H2,(H2,16,17,18,20). The summed E-state index contributed by atoms with van der Waals surface area (Å²) in [4.78, 5) is 4.18. The minimum atomic E-state index is 0.525. The summed E-state index contributed by atoms with van der Waals surface area (Å²) in [7, 11) is 0. The monoisotopic (exact) mass is 351 g/mol. The second-order valence-electron chi connectivity index (χ2n) is 3.90. The Kier molecular flexibility index (Phi) is 5.76. The van der Waals surface area contributed by atoms with E-state index in [4.69, 9.17) is 17.0 Å². The van der Waals surface area contributed by atoms with Crippen LogP contribution in [0.15, 0.2) is 53.1 Å². The van der Waals surface area contributed by atoms with Gasteiger partial charge in [-0.15, -0.1) is 0 Å². The van der Waals surface area contributed by atoms with E-state index in [0.29, 0.717) is 24.1 Å². The molecule has 0 aliphatic heterocycles. The van der Waals surface area contributed by atoms with Crippen molar-refractivity contribution in [2.75, 3.05) is 18.5 Å². The number of thiocarbonyl (C=S) groups is 1. The molecule has 0 bridgehead atoms. The predicted octanol–water partition coefficient (Wildman–Crippen LogP) is 3.21. The van der Waals surface area contributed by atoms with Crippen LogP contribution in [-0.2, 0) is 0 Å². The number of aromatic nitrogens is 1. The average Bonchev–Trinajstić information content (AvgIpc) is 2.47. The number of hydrogen-bond donors (Lipinski definition) is 2. The molecule has 0 amide bonds. The van der Waals surface area contributed by atoms with Crippen molar-refractivity contribution in [3.05, 3.63) is 53.1 Å². The van der Waals surface area contributed by atoms with Gasteiger partial charge in [0.2, 0.25) is 0 Å². The molecule has 2 rings (SSSR count). The van der Waals surface area contributed by atoms with E-state index in [-0.39, 0.29) is 0 Å². The number of ether oxygens (including phenoxy) is 1. The lowest BCUT2D eigenvalue weighted by atomic mass is 10.3. The van der Waals surface area contributed by atoms with E-state index in [9.17, 15) is 0 Å². The Bertz CT molecular complexity index is 548. The summed E-state index contributed by atoms with van der Waals surface area (Å²) >= 11 is 8.50. The third-order valence-electron chi connectivity index (χ3n) is 2.37. The van der Waals surface area contributed by atoms with Gasteiger partial charge in [-0.05, 0) is 52.4 Å². The van der Waals surface area contributed by atoms with E-state index in [2.05, 4.69) is 31.5 Å². The molecular weight excluding hydrogens is 338 g/mol. The lowest BCUT2D eigenvalue weighted by Gasteiger charge is -2.10. The molecule has 0 aliphatic rings. The van der Waals surface area contributed by atoms with Crippen molar-refractivity contribution in [2.45, 2.75) is 0 Å². The normalized spacial score (nSPS) is 9.85. The summed E-state index contributed by atoms with van der Waals surface area (Å²) in [6.07, 6.45) is 1.71. The molecule has 20 heavy (non-hydrogen) atoms. The number of pyridine rings is 1. The number of hydrogen-bond acceptors (Lipinski definition) is 3. The number of nitrogens with one attached hydrogen (secondary N) is 2. The SMILES string of the molecule is S=C(NCCOc1ccccc1)Nc1ccc(Br)cn1. The molecule has 0 unspecified atom stereocenters. The molecule has 2 N–H and O–H groups in total. The van der Waals surface area contributed by atoms with Crippen LogP contribution in [0.5, 0.6) is 5.75 Å². The molecular formula is C14H14BrN3OS. The number of anilines is 1. The van der Waals surface area contributed by atoms with E-state index in [1.807, 2.05) is 42.5 Å². The molecule has 0 radical (unpaired) electrons. The summed E-state index contributed by atoms with van der Waals surface area (Å²) in [5.41, 5.74) is 0. The Morgan fingerprint density at radius 3 is 2.70 bits per heavy atom. The van der Waals surface area contributed by atoms with Crippen molar-refractivity contribution >= 4 is 39.1 Å². The van der Waals surface area contributed by atoms with Crippen LogP contribution in [-0.4, -0.2) is 23.2 Å². The fourth-order valence-electron chi connectivity index (χ4n) is 1.46. The summed E-state index contributed by atoms with van der Waals surface area (Å²) in [6.45, 7) is 1.16. The maximum Gasteiger partial charge on any atom is 0.172 e. The van der Waals surface area contributed by atoms with Crippen LogP contribution in [0.2, 0.25) is 0 Å². The van der Waals surface area contributed by atoms with Crippen LogP contribution in [0.25, 0.3) is 0 Å². The Labute approximate surface area is 131 Å². The lowest BCUT2D eigenvalue weighted by molar-refractivity contribution is 0.323. The van der Waals surface area contributed by atoms with Gasteiger partial charge in [-0.25, -0.2) is 4.98 Å². The van der Waals surface area contributed by atoms with Crippen molar-refractivity contribution in [2.24, 2.45) is 0 Å². The third kappa shape index (κ3) is 5.14. The first-order valence-corrected chi connectivity index (χ1v) is 7.28. The summed E-state index contributed by atoms with van der Waals surface area (Å²) < 4.78 is 6.48. The number of rotatable bonds is 5. The minimum absolute atomic E-state index is 0.525. The van der Waals surface area contributed by atoms with Crippen LogP contribution in [0, 0.1) is 0 Å². The second kappa shape index (κ2) is 7.81. The summed E-state index contributed by atoms with van der Waals surface area (Å²) in [5, 5.41) is 6.58. The van der Waals surface area contributed by atoms with Gasteiger partial charge < -0.3 is 15.4 Å². The molecule has 6 heteroatoms. The van der Waals surface area contributed by atoms with Crippen molar-refractivity contribution < 1.29 is 4.74 Å². The molecule has 1 heterocycles. The number of halogens is 1. The van der Waals surface area contributed by atoms with Gasteiger partial charge in [-0.2, -0.15) is 0 Å². The van der Waals surface area contributed by atoms with Crippen LogP contribution >= 0.6 is 28.1 Å². The van der Waals surface area contributed by atoms with E-state index in [0.717, 1.165) is 10.2 Å². The van der Waals surface area contributed by atoms with Crippen molar-refractivity contribution in [3.8, 4) is 5.75 Å². The first kappa shape index (κ1) is 14.7. The quantitative estimate of drug-likeness (QED) is 0.639. The molecule has 1 aromatic heterocycles. The number of benzene rings is 1. The van der Waals surface area contributed by atoms with E-state index in [1.54, 1.807) is 6.20 Å². The van der Waals surface area contributed by atoms with Crippen LogP contribution in [0.1, 0.15) is 0 Å². The highest BCUT2D eigenvalue weighted by Crippen LogP contribution is 2.10. The van der Waals surface area contributed by atoms with Gasteiger partial charge in [-0.3, -0.25) is 0 Å². The van der Waals surface area contributed by atoms with Crippen LogP contribution < -0.4 is 15.4 Å². The van der Waals surface area contributed by atoms with Gasteiger partial charge in [0.1, 0.15) is 18.2 Å². The summed E-state index contributed by atoms with van der Waals surface area (Å²) in [6, 6.07) is 13.4. The van der Waals surface area contributed by atoms with Crippen LogP contribution in [0.3, 0.4) is 0 Å². The Hall–Kier alpha value is -1.66. The molecule has 2 aromatic rings. The molecule has 0 spiro atoms.